The number of ether oxygens (including phenoxy) is 1. The van der Waals surface area contributed by atoms with Crippen LogP contribution in [0.2, 0.25) is 5.02 Å². The molecule has 1 aliphatic heterocycles. The number of benzene rings is 3. The zero-order chi connectivity index (χ0) is 32.5. The fraction of sp³-hybridized carbons (Fsp3) is 0.412. The van der Waals surface area contributed by atoms with Crippen LogP contribution in [-0.2, 0) is 26.0 Å². The van der Waals surface area contributed by atoms with Gasteiger partial charge in [0.15, 0.2) is 0 Å². The Morgan fingerprint density at radius 2 is 1.62 bits per heavy atom. The van der Waals surface area contributed by atoms with Crippen molar-refractivity contribution in [3.8, 4) is 0 Å². The Labute approximate surface area is 271 Å². The normalized spacial score (nSPS) is 14.6. The van der Waals surface area contributed by atoms with Crippen LogP contribution in [0.5, 0.6) is 0 Å². The lowest BCUT2D eigenvalue weighted by Crippen LogP contribution is -2.50. The van der Waals surface area contributed by atoms with Gasteiger partial charge in [-0.3, -0.25) is 9.69 Å². The highest BCUT2D eigenvalue weighted by molar-refractivity contribution is 7.89. The lowest BCUT2D eigenvalue weighted by Gasteiger charge is -2.32. The summed E-state index contributed by atoms with van der Waals surface area (Å²) in [6.45, 7) is 8.27. The molecule has 0 saturated carbocycles. The van der Waals surface area contributed by atoms with Crippen molar-refractivity contribution in [3.05, 3.63) is 89.4 Å². The topological polar surface area (TPSA) is 108 Å². The summed E-state index contributed by atoms with van der Waals surface area (Å²) >= 11 is 5.99. The number of rotatable bonds is 13. The number of hydrogen-bond acceptors (Lipinski definition) is 6. The molecule has 0 aliphatic carbocycles. The Morgan fingerprint density at radius 3 is 2.24 bits per heavy atom. The van der Waals surface area contributed by atoms with Crippen molar-refractivity contribution in [1.29, 1.82) is 0 Å². The van der Waals surface area contributed by atoms with Gasteiger partial charge in [0, 0.05) is 22.9 Å². The van der Waals surface area contributed by atoms with E-state index in [1.807, 2.05) is 42.5 Å². The second kappa shape index (κ2) is 15.7. The van der Waals surface area contributed by atoms with Crippen molar-refractivity contribution in [2.24, 2.45) is 5.92 Å². The van der Waals surface area contributed by atoms with Crippen LogP contribution >= 0.6 is 11.6 Å². The summed E-state index contributed by atoms with van der Waals surface area (Å²) in [5.41, 5.74) is 1.26. The van der Waals surface area contributed by atoms with Crippen LogP contribution in [0.25, 0.3) is 0 Å². The minimum Gasteiger partial charge on any atom is -0.465 e. The van der Waals surface area contributed by atoms with Crippen molar-refractivity contribution in [2.75, 3.05) is 43.0 Å². The van der Waals surface area contributed by atoms with E-state index in [1.165, 1.54) is 13.8 Å². The monoisotopic (exact) mass is 654 g/mol. The molecule has 1 aliphatic rings. The lowest BCUT2D eigenvalue weighted by molar-refractivity contribution is -0.148. The maximum absolute atomic E-state index is 13.2. The SMILES string of the molecule is CCOC(=O)C(C)(C)NS(=O)(=O)c1ccc(CC2CCN(CCCN(C(=O)Nc3ccc(Cl)cc3)c3ccccc3)CC2)cc1. The van der Waals surface area contributed by atoms with Crippen LogP contribution in [-0.4, -0.2) is 63.6 Å². The first-order chi connectivity index (χ1) is 21.5. The van der Waals surface area contributed by atoms with Crippen LogP contribution < -0.4 is 14.9 Å². The third-order valence-electron chi connectivity index (χ3n) is 7.91. The molecule has 2 amide bonds. The van der Waals surface area contributed by atoms with E-state index in [1.54, 1.807) is 48.2 Å². The summed E-state index contributed by atoms with van der Waals surface area (Å²) < 4.78 is 33.2. The van der Waals surface area contributed by atoms with E-state index in [2.05, 4.69) is 14.9 Å². The van der Waals surface area contributed by atoms with E-state index < -0.39 is 21.5 Å². The Balaban J connectivity index is 1.24. The highest BCUT2D eigenvalue weighted by Gasteiger charge is 2.34. The molecule has 0 aromatic heterocycles. The van der Waals surface area contributed by atoms with Gasteiger partial charge >= 0.3 is 12.0 Å². The number of likely N-dealkylation sites (tertiary alicyclic amines) is 1. The molecule has 0 unspecified atom stereocenters. The number of anilines is 2. The van der Waals surface area contributed by atoms with Crippen molar-refractivity contribution >= 4 is 45.0 Å². The number of halogens is 1. The molecule has 1 fully saturated rings. The molecule has 0 atom stereocenters. The molecule has 1 heterocycles. The second-order valence-electron chi connectivity index (χ2n) is 11.9. The average molecular weight is 655 g/mol. The molecule has 2 N–H and O–H groups in total. The quantitative estimate of drug-likeness (QED) is 0.208. The molecule has 242 valence electrons. The maximum Gasteiger partial charge on any atom is 0.326 e. The Morgan fingerprint density at radius 1 is 0.978 bits per heavy atom. The summed E-state index contributed by atoms with van der Waals surface area (Å²) in [5, 5.41) is 3.59. The lowest BCUT2D eigenvalue weighted by atomic mass is 9.90. The van der Waals surface area contributed by atoms with Gasteiger partial charge in [-0.1, -0.05) is 41.9 Å². The molecule has 0 radical (unpaired) electrons. The molecule has 3 aromatic carbocycles. The van der Waals surface area contributed by atoms with Gasteiger partial charge in [0.2, 0.25) is 10.0 Å². The van der Waals surface area contributed by atoms with Gasteiger partial charge in [0.1, 0.15) is 5.54 Å². The van der Waals surface area contributed by atoms with E-state index in [-0.39, 0.29) is 17.5 Å². The Bertz CT molecular complexity index is 1510. The number of esters is 1. The number of nitrogens with one attached hydrogen (secondary N) is 2. The molecule has 0 bridgehead atoms. The Kier molecular flexibility index (Phi) is 12.0. The van der Waals surface area contributed by atoms with Crippen LogP contribution in [0.3, 0.4) is 0 Å². The van der Waals surface area contributed by atoms with E-state index in [9.17, 15) is 18.0 Å². The van der Waals surface area contributed by atoms with Crippen LogP contribution in [0, 0.1) is 5.92 Å². The molecular weight excluding hydrogens is 612 g/mol. The van der Waals surface area contributed by atoms with Crippen molar-refractivity contribution in [1.82, 2.24) is 9.62 Å². The van der Waals surface area contributed by atoms with E-state index in [4.69, 9.17) is 16.3 Å². The van der Waals surface area contributed by atoms with Crippen molar-refractivity contribution in [3.63, 3.8) is 0 Å². The molecular formula is C34H43ClN4O5S. The number of hydrogen-bond donors (Lipinski definition) is 2. The van der Waals surface area contributed by atoms with Crippen LogP contribution in [0.4, 0.5) is 16.2 Å². The summed E-state index contributed by atoms with van der Waals surface area (Å²) in [7, 11) is -3.89. The maximum atomic E-state index is 13.2. The van der Waals surface area contributed by atoms with Gasteiger partial charge in [0.05, 0.1) is 11.5 Å². The van der Waals surface area contributed by atoms with Gasteiger partial charge in [-0.15, -0.1) is 0 Å². The first-order valence-corrected chi connectivity index (χ1v) is 17.2. The summed E-state index contributed by atoms with van der Waals surface area (Å²) in [4.78, 5) is 29.7. The average Bonchev–Trinajstić information content (AvgIpc) is 3.01. The zero-order valence-electron chi connectivity index (χ0n) is 26.2. The molecule has 1 saturated heterocycles. The number of piperidine rings is 1. The number of urea groups is 1. The second-order valence-corrected chi connectivity index (χ2v) is 14.0. The predicted molar refractivity (Wildman–Crippen MR) is 179 cm³/mol. The molecule has 45 heavy (non-hydrogen) atoms. The number of para-hydroxylation sites is 1. The third kappa shape index (κ3) is 10.0. The standard InChI is InChI=1S/C34H43ClN4O5S/c1-4-44-32(40)34(2,3)37-45(42,43)31-17-11-26(12-18-31)25-27-19-23-38(24-20-27)21-8-22-39(30-9-6-5-7-10-30)33(41)36-29-15-13-28(35)14-16-29/h5-7,9-18,27,37H,4,8,19-25H2,1-3H3,(H,36,41). The van der Waals surface area contributed by atoms with Crippen LogP contribution in [0.1, 0.15) is 45.6 Å². The molecule has 11 heteroatoms. The number of sulfonamides is 1. The van der Waals surface area contributed by atoms with Crippen molar-refractivity contribution in [2.45, 2.75) is 56.9 Å². The number of carbonyl (C=O) groups excluding carboxylic acids is 2. The fourth-order valence-corrected chi connectivity index (χ4v) is 6.93. The zero-order valence-corrected chi connectivity index (χ0v) is 27.7. The summed E-state index contributed by atoms with van der Waals surface area (Å²) in [6, 6.07) is 23.5. The largest absolute Gasteiger partial charge is 0.465 e. The predicted octanol–water partition coefficient (Wildman–Crippen LogP) is 6.34. The van der Waals surface area contributed by atoms with Gasteiger partial charge in [-0.05, 0) is 126 Å². The summed E-state index contributed by atoms with van der Waals surface area (Å²) in [6.07, 6.45) is 3.82. The van der Waals surface area contributed by atoms with Gasteiger partial charge in [-0.25, -0.2) is 13.2 Å². The molecule has 4 rings (SSSR count). The highest BCUT2D eigenvalue weighted by Crippen LogP contribution is 2.24. The van der Waals surface area contributed by atoms with Crippen molar-refractivity contribution < 1.29 is 22.7 Å². The first-order valence-electron chi connectivity index (χ1n) is 15.4. The van der Waals surface area contributed by atoms with E-state index in [0.717, 1.165) is 56.6 Å². The number of carbonyl (C=O) groups is 2. The summed E-state index contributed by atoms with van der Waals surface area (Å²) in [5.74, 6) is -0.111. The minimum absolute atomic E-state index is 0.116. The number of amides is 2. The first kappa shape index (κ1) is 34.4. The Hall–Kier alpha value is -3.44. The molecule has 0 spiro atoms. The van der Waals surface area contributed by atoms with E-state index >= 15 is 0 Å². The smallest absolute Gasteiger partial charge is 0.326 e. The minimum atomic E-state index is -3.89. The van der Waals surface area contributed by atoms with Crippen LogP contribution in [0.15, 0.2) is 83.8 Å². The van der Waals surface area contributed by atoms with Gasteiger partial charge < -0.3 is 15.0 Å². The third-order valence-corrected chi connectivity index (χ3v) is 9.83. The van der Waals surface area contributed by atoms with E-state index in [0.29, 0.717) is 23.2 Å². The number of nitrogens with zero attached hydrogens (tertiary/aromatic N) is 2. The molecule has 3 aromatic rings. The molecule has 9 nitrogen and oxygen atoms in total. The van der Waals surface area contributed by atoms with Gasteiger partial charge in [-0.2, -0.15) is 4.72 Å². The van der Waals surface area contributed by atoms with Gasteiger partial charge in [0.25, 0.3) is 0 Å². The highest BCUT2D eigenvalue weighted by atomic mass is 35.5. The fourth-order valence-electron chi connectivity index (χ4n) is 5.43.